The summed E-state index contributed by atoms with van der Waals surface area (Å²) in [7, 11) is 0. The van der Waals surface area contributed by atoms with E-state index >= 15 is 0 Å². The van der Waals surface area contributed by atoms with Gasteiger partial charge in [0.25, 0.3) is 0 Å². The Morgan fingerprint density at radius 1 is 0.286 bits per heavy atom. The van der Waals surface area contributed by atoms with Crippen molar-refractivity contribution in [3.05, 3.63) is 97.1 Å². The lowest BCUT2D eigenvalue weighted by Gasteiger charge is -2.16. The van der Waals surface area contributed by atoms with Crippen LogP contribution in [0.1, 0.15) is 0 Å². The minimum atomic E-state index is 1.30. The van der Waals surface area contributed by atoms with Crippen LogP contribution in [0.2, 0.25) is 0 Å². The fraction of sp³-hybridized carbons (Fsp3) is 0. The van der Waals surface area contributed by atoms with Crippen LogP contribution in [0.4, 0.5) is 0 Å². The van der Waals surface area contributed by atoms with Gasteiger partial charge in [0.2, 0.25) is 0 Å². The molecule has 0 aliphatic carbocycles. The molecule has 7 aromatic rings. The van der Waals surface area contributed by atoms with Crippen LogP contribution >= 0.6 is 0 Å². The molecule has 0 aromatic heterocycles. The lowest BCUT2D eigenvalue weighted by Crippen LogP contribution is -1.88. The van der Waals surface area contributed by atoms with Crippen LogP contribution < -0.4 is 0 Å². The van der Waals surface area contributed by atoms with E-state index in [0.717, 1.165) is 0 Å². The summed E-state index contributed by atoms with van der Waals surface area (Å²) in [5, 5.41) is 16.2. The van der Waals surface area contributed by atoms with Crippen molar-refractivity contribution in [2.45, 2.75) is 0 Å². The fourth-order valence-electron chi connectivity index (χ4n) is 5.21. The van der Waals surface area contributed by atoms with E-state index in [-0.39, 0.29) is 0 Å². The Labute approximate surface area is 162 Å². The summed E-state index contributed by atoms with van der Waals surface area (Å²) in [4.78, 5) is 0. The zero-order chi connectivity index (χ0) is 18.2. The molecule has 0 spiro atoms. The first-order valence-corrected chi connectivity index (χ1v) is 9.80. The normalized spacial score (nSPS) is 12.3. The molecular formula is C28H16. The van der Waals surface area contributed by atoms with E-state index in [2.05, 4.69) is 97.1 Å². The minimum Gasteiger partial charge on any atom is -0.0616 e. The second-order valence-electron chi connectivity index (χ2n) is 7.75. The van der Waals surface area contributed by atoms with Crippen molar-refractivity contribution in [3.63, 3.8) is 0 Å². The Hall–Kier alpha value is -3.64. The molecule has 0 fully saturated rings. The molecule has 128 valence electrons. The Kier molecular flexibility index (Phi) is 2.57. The molecule has 0 N–H and O–H groups in total. The Balaban J connectivity index is 1.90. The van der Waals surface area contributed by atoms with E-state index in [9.17, 15) is 0 Å². The molecule has 0 amide bonds. The third kappa shape index (κ3) is 1.66. The SMILES string of the molecule is c1ccc2c(c1)ccc1cc3c4cccc5cccc(c6cccc(c12)c63)c54. The van der Waals surface area contributed by atoms with E-state index in [1.807, 2.05) is 0 Å². The summed E-state index contributed by atoms with van der Waals surface area (Å²) in [6, 6.07) is 35.8. The van der Waals surface area contributed by atoms with Crippen LogP contribution in [0.15, 0.2) is 97.1 Å². The smallest absolute Gasteiger partial charge is 0.00197 e. The molecule has 0 bridgehead atoms. The molecule has 0 saturated heterocycles. The first-order chi connectivity index (χ1) is 13.9. The van der Waals surface area contributed by atoms with Gasteiger partial charge in [-0.3, -0.25) is 0 Å². The third-order valence-corrected chi connectivity index (χ3v) is 6.35. The highest BCUT2D eigenvalue weighted by Gasteiger charge is 2.15. The summed E-state index contributed by atoms with van der Waals surface area (Å²) in [6.07, 6.45) is 0. The minimum absolute atomic E-state index is 1.30. The molecular weight excluding hydrogens is 336 g/mol. The Bertz CT molecular complexity index is 1700. The van der Waals surface area contributed by atoms with Gasteiger partial charge in [-0.2, -0.15) is 0 Å². The molecule has 28 heavy (non-hydrogen) atoms. The first kappa shape index (κ1) is 14.4. The highest BCUT2D eigenvalue weighted by Crippen LogP contribution is 2.43. The van der Waals surface area contributed by atoms with Crippen LogP contribution in [-0.2, 0) is 0 Å². The summed E-state index contributed by atoms with van der Waals surface area (Å²) in [5.74, 6) is 0. The summed E-state index contributed by atoms with van der Waals surface area (Å²) in [5.41, 5.74) is 0. The largest absolute Gasteiger partial charge is 0.0616 e. The van der Waals surface area contributed by atoms with Crippen molar-refractivity contribution in [2.24, 2.45) is 0 Å². The van der Waals surface area contributed by atoms with Gasteiger partial charge in [0.1, 0.15) is 0 Å². The van der Waals surface area contributed by atoms with Gasteiger partial charge in [-0.25, -0.2) is 0 Å². The van der Waals surface area contributed by atoms with Crippen molar-refractivity contribution in [1.29, 1.82) is 0 Å². The van der Waals surface area contributed by atoms with Crippen molar-refractivity contribution < 1.29 is 0 Å². The fourth-order valence-corrected chi connectivity index (χ4v) is 5.21. The van der Waals surface area contributed by atoms with E-state index < -0.39 is 0 Å². The quantitative estimate of drug-likeness (QED) is 0.191. The van der Waals surface area contributed by atoms with Crippen LogP contribution in [0, 0.1) is 0 Å². The maximum atomic E-state index is 2.40. The predicted octanol–water partition coefficient (Wildman–Crippen LogP) is 8.04. The zero-order valence-electron chi connectivity index (χ0n) is 15.2. The number of benzene rings is 7. The first-order valence-electron chi connectivity index (χ1n) is 9.80. The van der Waals surface area contributed by atoms with Crippen LogP contribution in [0.5, 0.6) is 0 Å². The second-order valence-corrected chi connectivity index (χ2v) is 7.75. The Morgan fingerprint density at radius 2 is 0.821 bits per heavy atom. The number of hydrogen-bond donors (Lipinski definition) is 0. The number of hydrogen-bond acceptors (Lipinski definition) is 0. The lowest BCUT2D eigenvalue weighted by molar-refractivity contribution is 1.79. The third-order valence-electron chi connectivity index (χ3n) is 6.35. The maximum absolute atomic E-state index is 2.40. The molecule has 0 aliphatic rings. The second kappa shape index (κ2) is 4.99. The standard InChI is InChI=1S/C28H16/c1-2-9-20-17(6-1)14-15-19-16-25-23-11-4-8-18-7-3-10-21(26(18)23)22-12-5-13-24(27(19)20)28(22)25/h1-16H. The van der Waals surface area contributed by atoms with E-state index in [1.165, 1.54) is 64.6 Å². The topological polar surface area (TPSA) is 0 Å². The molecule has 0 aliphatic heterocycles. The maximum Gasteiger partial charge on any atom is -0.00197 e. The molecule has 0 saturated carbocycles. The van der Waals surface area contributed by atoms with Gasteiger partial charge >= 0.3 is 0 Å². The summed E-state index contributed by atoms with van der Waals surface area (Å²) >= 11 is 0. The van der Waals surface area contributed by atoms with Gasteiger partial charge in [0.05, 0.1) is 0 Å². The van der Waals surface area contributed by atoms with Gasteiger partial charge < -0.3 is 0 Å². The Morgan fingerprint density at radius 3 is 1.68 bits per heavy atom. The van der Waals surface area contributed by atoms with Crippen molar-refractivity contribution >= 4 is 64.6 Å². The van der Waals surface area contributed by atoms with Crippen LogP contribution in [-0.4, -0.2) is 0 Å². The molecule has 0 nitrogen and oxygen atoms in total. The lowest BCUT2D eigenvalue weighted by atomic mass is 9.86. The average molecular weight is 352 g/mol. The van der Waals surface area contributed by atoms with Crippen molar-refractivity contribution in [2.75, 3.05) is 0 Å². The van der Waals surface area contributed by atoms with Gasteiger partial charge in [0, 0.05) is 0 Å². The van der Waals surface area contributed by atoms with E-state index in [4.69, 9.17) is 0 Å². The van der Waals surface area contributed by atoms with Gasteiger partial charge in [-0.05, 0) is 70.7 Å². The van der Waals surface area contributed by atoms with Crippen molar-refractivity contribution in [3.8, 4) is 0 Å². The molecule has 0 heterocycles. The van der Waals surface area contributed by atoms with Gasteiger partial charge in [-0.15, -0.1) is 0 Å². The summed E-state index contributed by atoms with van der Waals surface area (Å²) in [6.45, 7) is 0. The van der Waals surface area contributed by atoms with E-state index in [0.29, 0.717) is 0 Å². The average Bonchev–Trinajstić information content (AvgIpc) is 2.76. The van der Waals surface area contributed by atoms with Gasteiger partial charge in [0.15, 0.2) is 0 Å². The van der Waals surface area contributed by atoms with Gasteiger partial charge in [-0.1, -0.05) is 91.0 Å². The highest BCUT2D eigenvalue weighted by molar-refractivity contribution is 6.38. The van der Waals surface area contributed by atoms with Crippen LogP contribution in [0.3, 0.4) is 0 Å². The molecule has 0 heteroatoms. The predicted molar refractivity (Wildman–Crippen MR) is 123 cm³/mol. The number of fused-ring (bicyclic) bond motifs is 6. The molecule has 7 rings (SSSR count). The molecule has 0 unspecified atom stereocenters. The molecule has 0 radical (unpaired) electrons. The monoisotopic (exact) mass is 352 g/mol. The molecule has 0 atom stereocenters. The molecule has 7 aromatic carbocycles. The number of rotatable bonds is 0. The van der Waals surface area contributed by atoms with Crippen LogP contribution in [0.25, 0.3) is 64.6 Å². The van der Waals surface area contributed by atoms with Crippen molar-refractivity contribution in [1.82, 2.24) is 0 Å². The summed E-state index contributed by atoms with van der Waals surface area (Å²) < 4.78 is 0. The highest BCUT2D eigenvalue weighted by atomic mass is 14.2. The zero-order valence-corrected chi connectivity index (χ0v) is 15.2. The van der Waals surface area contributed by atoms with E-state index in [1.54, 1.807) is 0 Å².